The van der Waals surface area contributed by atoms with Crippen molar-refractivity contribution >= 4 is 6.09 Å². The predicted octanol–water partition coefficient (Wildman–Crippen LogP) is 4.50. The predicted molar refractivity (Wildman–Crippen MR) is 132 cm³/mol. The summed E-state index contributed by atoms with van der Waals surface area (Å²) >= 11 is 0. The van der Waals surface area contributed by atoms with E-state index in [2.05, 4.69) is 26.1 Å². The Kier molecular flexibility index (Phi) is 7.91. The van der Waals surface area contributed by atoms with Gasteiger partial charge in [0.1, 0.15) is 0 Å². The quantitative estimate of drug-likeness (QED) is 0.403. The maximum atomic E-state index is 11.8. The molecule has 1 amide bonds. The SMILES string of the molecule is CC[C@H]1[C@@H](O)[C@@H]2[C@H](CC[C@]3(C)[C@@H](CCCOC(=O)NC(C)CO)CC[C@@H]23)[C@@]2(C)CC[C@@H](O)C[C@@H]12. The third-order valence-electron chi connectivity index (χ3n) is 11.2. The second-order valence-corrected chi connectivity index (χ2v) is 12.7. The topological polar surface area (TPSA) is 99.0 Å². The molecule has 34 heavy (non-hydrogen) atoms. The van der Waals surface area contributed by atoms with Crippen molar-refractivity contribution in [3.63, 3.8) is 0 Å². The number of aliphatic hydroxyl groups excluding tert-OH is 3. The molecule has 4 rings (SSSR count). The summed E-state index contributed by atoms with van der Waals surface area (Å²) in [7, 11) is 0. The average molecular weight is 480 g/mol. The van der Waals surface area contributed by atoms with Crippen LogP contribution in [0.4, 0.5) is 4.79 Å². The summed E-state index contributed by atoms with van der Waals surface area (Å²) in [6.45, 7) is 9.27. The van der Waals surface area contributed by atoms with Crippen molar-refractivity contribution in [2.24, 2.45) is 46.3 Å². The van der Waals surface area contributed by atoms with Gasteiger partial charge in [-0.2, -0.15) is 0 Å². The van der Waals surface area contributed by atoms with Crippen molar-refractivity contribution < 1.29 is 24.9 Å². The van der Waals surface area contributed by atoms with Crippen molar-refractivity contribution in [1.82, 2.24) is 5.32 Å². The average Bonchev–Trinajstić information content (AvgIpc) is 3.14. The first kappa shape index (κ1) is 26.2. The van der Waals surface area contributed by atoms with Crippen LogP contribution >= 0.6 is 0 Å². The lowest BCUT2D eigenvalue weighted by atomic mass is 9.41. The second kappa shape index (κ2) is 10.3. The van der Waals surface area contributed by atoms with E-state index < -0.39 is 6.09 Å². The molecule has 0 aliphatic heterocycles. The van der Waals surface area contributed by atoms with Gasteiger partial charge in [-0.1, -0.05) is 27.2 Å². The number of alkyl carbamates (subject to hydrolysis) is 1. The smallest absolute Gasteiger partial charge is 0.407 e. The lowest BCUT2D eigenvalue weighted by Gasteiger charge is -2.64. The molecule has 4 aliphatic rings. The molecular weight excluding hydrogens is 430 g/mol. The van der Waals surface area contributed by atoms with Crippen LogP contribution in [0, 0.1) is 46.3 Å². The maximum absolute atomic E-state index is 11.8. The number of ether oxygens (including phenoxy) is 1. The molecule has 6 heteroatoms. The summed E-state index contributed by atoms with van der Waals surface area (Å²) in [5, 5.41) is 33.9. The summed E-state index contributed by atoms with van der Waals surface area (Å²) in [5.74, 6) is 2.88. The molecule has 6 nitrogen and oxygen atoms in total. The van der Waals surface area contributed by atoms with Crippen LogP contribution in [0.25, 0.3) is 0 Å². The zero-order chi connectivity index (χ0) is 24.7. The number of aliphatic hydroxyl groups is 3. The van der Waals surface area contributed by atoms with Gasteiger partial charge in [-0.3, -0.25) is 0 Å². The largest absolute Gasteiger partial charge is 0.450 e. The molecule has 0 spiro atoms. The molecule has 196 valence electrons. The van der Waals surface area contributed by atoms with Crippen LogP contribution in [0.15, 0.2) is 0 Å². The third-order valence-corrected chi connectivity index (χ3v) is 11.2. The second-order valence-electron chi connectivity index (χ2n) is 12.7. The number of hydrogen-bond donors (Lipinski definition) is 4. The highest BCUT2D eigenvalue weighted by atomic mass is 16.5. The van der Waals surface area contributed by atoms with E-state index in [0.717, 1.165) is 38.5 Å². The third kappa shape index (κ3) is 4.52. The van der Waals surface area contributed by atoms with E-state index in [4.69, 9.17) is 9.84 Å². The molecule has 4 saturated carbocycles. The first-order chi connectivity index (χ1) is 16.2. The fraction of sp³-hybridized carbons (Fsp3) is 0.964. The van der Waals surface area contributed by atoms with Gasteiger partial charge < -0.3 is 25.4 Å². The molecule has 0 radical (unpaired) electrons. The molecule has 4 fully saturated rings. The summed E-state index contributed by atoms with van der Waals surface area (Å²) in [4.78, 5) is 11.8. The number of fused-ring (bicyclic) bond motifs is 5. The molecule has 0 aromatic carbocycles. The molecule has 4 aliphatic carbocycles. The van der Waals surface area contributed by atoms with E-state index in [1.165, 1.54) is 25.7 Å². The van der Waals surface area contributed by atoms with Crippen LogP contribution in [0.2, 0.25) is 0 Å². The highest BCUT2D eigenvalue weighted by Gasteiger charge is 2.64. The molecule has 0 bridgehead atoms. The van der Waals surface area contributed by atoms with Gasteiger partial charge in [0.05, 0.1) is 31.5 Å². The number of rotatable bonds is 7. The molecule has 4 N–H and O–H groups in total. The van der Waals surface area contributed by atoms with Gasteiger partial charge in [-0.25, -0.2) is 4.79 Å². The van der Waals surface area contributed by atoms with Crippen molar-refractivity contribution in [3.8, 4) is 0 Å². The van der Waals surface area contributed by atoms with Crippen molar-refractivity contribution in [3.05, 3.63) is 0 Å². The van der Waals surface area contributed by atoms with Gasteiger partial charge in [-0.15, -0.1) is 0 Å². The summed E-state index contributed by atoms with van der Waals surface area (Å²) in [6.07, 6.45) is 9.75. The molecule has 0 heterocycles. The summed E-state index contributed by atoms with van der Waals surface area (Å²) in [6, 6.07) is -0.292. The Morgan fingerprint density at radius 3 is 2.47 bits per heavy atom. The number of carbonyl (C=O) groups is 1. The Morgan fingerprint density at radius 1 is 1.06 bits per heavy atom. The first-order valence-corrected chi connectivity index (χ1v) is 14.1. The van der Waals surface area contributed by atoms with Crippen LogP contribution in [0.3, 0.4) is 0 Å². The molecule has 0 aromatic rings. The number of hydrogen-bond acceptors (Lipinski definition) is 5. The Morgan fingerprint density at radius 2 is 1.76 bits per heavy atom. The van der Waals surface area contributed by atoms with Crippen LogP contribution < -0.4 is 5.32 Å². The van der Waals surface area contributed by atoms with Crippen molar-refractivity contribution in [2.75, 3.05) is 13.2 Å². The first-order valence-electron chi connectivity index (χ1n) is 14.1. The lowest BCUT2D eigenvalue weighted by molar-refractivity contribution is -0.202. The van der Waals surface area contributed by atoms with E-state index in [1.807, 2.05) is 0 Å². The zero-order valence-corrected chi connectivity index (χ0v) is 21.8. The van der Waals surface area contributed by atoms with Gasteiger partial charge in [0.15, 0.2) is 0 Å². The van der Waals surface area contributed by atoms with E-state index in [0.29, 0.717) is 42.1 Å². The zero-order valence-electron chi connectivity index (χ0n) is 21.8. The number of amides is 1. The van der Waals surface area contributed by atoms with Crippen LogP contribution in [-0.4, -0.2) is 52.9 Å². The van der Waals surface area contributed by atoms with E-state index in [-0.39, 0.29) is 35.7 Å². The van der Waals surface area contributed by atoms with Crippen LogP contribution in [0.1, 0.15) is 91.9 Å². The Labute approximate surface area is 206 Å². The summed E-state index contributed by atoms with van der Waals surface area (Å²) in [5.41, 5.74) is 0.502. The van der Waals surface area contributed by atoms with E-state index >= 15 is 0 Å². The minimum Gasteiger partial charge on any atom is -0.450 e. The fourth-order valence-electron chi connectivity index (χ4n) is 9.32. The molecular formula is C28H49NO5. The van der Waals surface area contributed by atoms with Gasteiger partial charge in [0, 0.05) is 0 Å². The van der Waals surface area contributed by atoms with Gasteiger partial charge >= 0.3 is 6.09 Å². The minimum absolute atomic E-state index is 0.0931. The molecule has 1 unspecified atom stereocenters. The Hall–Kier alpha value is -0.850. The van der Waals surface area contributed by atoms with Crippen molar-refractivity contribution in [1.29, 1.82) is 0 Å². The minimum atomic E-state index is -0.450. The van der Waals surface area contributed by atoms with Gasteiger partial charge in [0.25, 0.3) is 0 Å². The number of carbonyl (C=O) groups excluding carboxylic acids is 1. The monoisotopic (exact) mass is 479 g/mol. The maximum Gasteiger partial charge on any atom is 0.407 e. The van der Waals surface area contributed by atoms with Crippen molar-refractivity contribution in [2.45, 2.75) is 110 Å². The molecule has 0 saturated heterocycles. The van der Waals surface area contributed by atoms with Crippen LogP contribution in [-0.2, 0) is 4.74 Å². The number of nitrogens with one attached hydrogen (secondary N) is 1. The fourth-order valence-corrected chi connectivity index (χ4v) is 9.32. The molecule has 0 aromatic heterocycles. The standard InChI is InChI=1S/C28H49NO5/c1-5-20-23-15-19(31)10-12-28(23,4)22-11-13-27(3)18(8-9-21(27)24(22)25(20)32)7-6-14-34-26(33)29-17(2)16-30/h17-25,30-32H,5-16H2,1-4H3,(H,29,33)/t17?,18-,19+,20+,21-,22-,23-,24-,25+,27+,28+/m0/s1. The summed E-state index contributed by atoms with van der Waals surface area (Å²) < 4.78 is 5.33. The van der Waals surface area contributed by atoms with E-state index in [9.17, 15) is 15.0 Å². The highest BCUT2D eigenvalue weighted by Crippen LogP contribution is 2.69. The van der Waals surface area contributed by atoms with Gasteiger partial charge in [-0.05, 0) is 111 Å². The van der Waals surface area contributed by atoms with Crippen LogP contribution in [0.5, 0.6) is 0 Å². The Bertz CT molecular complexity index is 717. The lowest BCUT2D eigenvalue weighted by Crippen LogP contribution is -2.62. The van der Waals surface area contributed by atoms with Gasteiger partial charge in [0.2, 0.25) is 0 Å². The Balaban J connectivity index is 1.41. The van der Waals surface area contributed by atoms with E-state index in [1.54, 1.807) is 6.92 Å². The molecule has 11 atom stereocenters. The highest BCUT2D eigenvalue weighted by molar-refractivity contribution is 5.67. The normalized spacial score (nSPS) is 46.7.